The van der Waals surface area contributed by atoms with Crippen molar-refractivity contribution in [1.82, 2.24) is 5.32 Å². The van der Waals surface area contributed by atoms with Crippen LogP contribution in [0.2, 0.25) is 0 Å². The van der Waals surface area contributed by atoms with E-state index in [2.05, 4.69) is 5.32 Å². The number of hydrogen-bond donors (Lipinski definition) is 2. The van der Waals surface area contributed by atoms with Crippen LogP contribution >= 0.6 is 0 Å². The van der Waals surface area contributed by atoms with Crippen LogP contribution in [-0.4, -0.2) is 30.1 Å². The molecule has 134 valence electrons. The van der Waals surface area contributed by atoms with E-state index in [1.807, 2.05) is 44.2 Å². The molecule has 1 aromatic rings. The Hall–Kier alpha value is -1.49. The van der Waals surface area contributed by atoms with E-state index in [9.17, 15) is 18.7 Å². The van der Waals surface area contributed by atoms with Gasteiger partial charge < -0.3 is 10.4 Å². The van der Waals surface area contributed by atoms with Crippen molar-refractivity contribution in [2.24, 2.45) is 11.3 Å². The Labute approximate surface area is 142 Å². The van der Waals surface area contributed by atoms with Gasteiger partial charge >= 0.3 is 0 Å². The fourth-order valence-electron chi connectivity index (χ4n) is 3.29. The fraction of sp³-hybridized carbons (Fsp3) is 0.632. The summed E-state index contributed by atoms with van der Waals surface area (Å²) in [4.78, 5) is 12.3. The minimum absolute atomic E-state index is 0.00190. The van der Waals surface area contributed by atoms with Crippen LogP contribution in [0, 0.1) is 11.3 Å². The minimum atomic E-state index is -2.62. The van der Waals surface area contributed by atoms with Crippen LogP contribution in [0.15, 0.2) is 30.3 Å². The SMILES string of the molecule is CC(C)(CO)C(CNC(=O)C1CCC(F)(F)CC1)c1ccccc1. The molecule has 24 heavy (non-hydrogen) atoms. The molecule has 5 heteroatoms. The van der Waals surface area contributed by atoms with E-state index < -0.39 is 11.3 Å². The maximum atomic E-state index is 13.2. The van der Waals surface area contributed by atoms with Gasteiger partial charge in [0.25, 0.3) is 0 Å². The van der Waals surface area contributed by atoms with Crippen molar-refractivity contribution in [2.45, 2.75) is 51.4 Å². The highest BCUT2D eigenvalue weighted by Crippen LogP contribution is 2.37. The van der Waals surface area contributed by atoms with E-state index in [0.29, 0.717) is 6.54 Å². The van der Waals surface area contributed by atoms with Gasteiger partial charge in [0.15, 0.2) is 0 Å². The quantitative estimate of drug-likeness (QED) is 0.830. The van der Waals surface area contributed by atoms with Gasteiger partial charge in [0.1, 0.15) is 0 Å². The van der Waals surface area contributed by atoms with Crippen molar-refractivity contribution < 1.29 is 18.7 Å². The van der Waals surface area contributed by atoms with Crippen LogP contribution in [0.4, 0.5) is 8.78 Å². The molecular formula is C19H27F2NO2. The highest BCUT2D eigenvalue weighted by Gasteiger charge is 2.38. The molecule has 0 heterocycles. The van der Waals surface area contributed by atoms with Gasteiger partial charge in [-0.05, 0) is 23.8 Å². The van der Waals surface area contributed by atoms with Gasteiger partial charge in [-0.15, -0.1) is 0 Å². The summed E-state index contributed by atoms with van der Waals surface area (Å²) in [6, 6.07) is 9.75. The lowest BCUT2D eigenvalue weighted by Crippen LogP contribution is -2.41. The molecule has 0 radical (unpaired) electrons. The summed E-state index contributed by atoms with van der Waals surface area (Å²) in [5, 5.41) is 12.6. The standard InChI is InChI=1S/C19H27F2NO2/c1-18(2,13-23)16(14-6-4-3-5-7-14)12-22-17(24)15-8-10-19(20,21)11-9-15/h3-7,15-16,23H,8-13H2,1-2H3,(H,22,24). The summed E-state index contributed by atoms with van der Waals surface area (Å²) in [7, 11) is 0. The van der Waals surface area contributed by atoms with E-state index in [0.717, 1.165) is 5.56 Å². The average molecular weight is 339 g/mol. The zero-order valence-electron chi connectivity index (χ0n) is 14.4. The summed E-state index contributed by atoms with van der Waals surface area (Å²) >= 11 is 0. The zero-order chi connectivity index (χ0) is 17.8. The number of benzene rings is 1. The largest absolute Gasteiger partial charge is 0.396 e. The topological polar surface area (TPSA) is 49.3 Å². The maximum Gasteiger partial charge on any atom is 0.248 e. The van der Waals surface area contributed by atoms with E-state index in [4.69, 9.17) is 0 Å². The highest BCUT2D eigenvalue weighted by molar-refractivity contribution is 5.78. The first-order chi connectivity index (χ1) is 11.2. The van der Waals surface area contributed by atoms with Crippen LogP contribution in [0.1, 0.15) is 51.0 Å². The van der Waals surface area contributed by atoms with E-state index in [-0.39, 0.29) is 50.0 Å². The van der Waals surface area contributed by atoms with Gasteiger partial charge in [-0.2, -0.15) is 0 Å². The molecule has 0 aliphatic heterocycles. The van der Waals surface area contributed by atoms with Crippen LogP contribution < -0.4 is 5.32 Å². The van der Waals surface area contributed by atoms with Crippen molar-refractivity contribution >= 4 is 5.91 Å². The van der Waals surface area contributed by atoms with Gasteiger partial charge in [-0.25, -0.2) is 8.78 Å². The first kappa shape index (κ1) is 18.8. The van der Waals surface area contributed by atoms with Gasteiger partial charge in [0.05, 0.1) is 0 Å². The molecule has 0 saturated heterocycles. The normalized spacial score (nSPS) is 19.7. The summed E-state index contributed by atoms with van der Waals surface area (Å²) < 4.78 is 26.4. The van der Waals surface area contributed by atoms with Crippen LogP contribution in [0.3, 0.4) is 0 Å². The summed E-state index contributed by atoms with van der Waals surface area (Å²) in [6.07, 6.45) is 0.0428. The second-order valence-corrected chi connectivity index (χ2v) is 7.49. The molecule has 1 amide bonds. The predicted octanol–water partition coefficient (Wildman–Crippen LogP) is 3.73. The molecule has 0 spiro atoms. The maximum absolute atomic E-state index is 13.2. The number of rotatable bonds is 6. The van der Waals surface area contributed by atoms with Gasteiger partial charge in [0, 0.05) is 37.8 Å². The number of carbonyl (C=O) groups excluding carboxylic acids is 1. The van der Waals surface area contributed by atoms with Crippen molar-refractivity contribution in [3.05, 3.63) is 35.9 Å². The van der Waals surface area contributed by atoms with Gasteiger partial charge in [-0.3, -0.25) is 4.79 Å². The molecule has 3 nitrogen and oxygen atoms in total. The molecule has 2 N–H and O–H groups in total. The minimum Gasteiger partial charge on any atom is -0.396 e. The van der Waals surface area contributed by atoms with Crippen molar-refractivity contribution in [1.29, 1.82) is 0 Å². The number of aliphatic hydroxyl groups excluding tert-OH is 1. The fourth-order valence-corrected chi connectivity index (χ4v) is 3.29. The zero-order valence-corrected chi connectivity index (χ0v) is 14.4. The monoisotopic (exact) mass is 339 g/mol. The molecule has 1 atom stereocenters. The number of hydrogen-bond acceptors (Lipinski definition) is 2. The molecule has 0 bridgehead atoms. The van der Waals surface area contributed by atoms with Crippen molar-refractivity contribution in [3.8, 4) is 0 Å². The Bertz CT molecular complexity index is 536. The molecule has 1 saturated carbocycles. The summed E-state index contributed by atoms with van der Waals surface area (Å²) in [5.74, 6) is -3.15. The van der Waals surface area contributed by atoms with Gasteiger partial charge in [-0.1, -0.05) is 44.2 Å². The third-order valence-corrected chi connectivity index (χ3v) is 5.12. The Kier molecular flexibility index (Phi) is 5.97. The molecule has 1 aliphatic rings. The average Bonchev–Trinajstić information content (AvgIpc) is 2.55. The number of alkyl halides is 2. The molecule has 1 unspecified atom stereocenters. The number of amides is 1. The van der Waals surface area contributed by atoms with Crippen LogP contribution in [0.5, 0.6) is 0 Å². The Morgan fingerprint density at radius 3 is 2.42 bits per heavy atom. The van der Waals surface area contributed by atoms with Gasteiger partial charge in [0.2, 0.25) is 11.8 Å². The molecule has 1 aromatic carbocycles. The Morgan fingerprint density at radius 1 is 1.29 bits per heavy atom. The lowest BCUT2D eigenvalue weighted by atomic mass is 9.75. The second kappa shape index (κ2) is 7.60. The number of aliphatic hydroxyl groups is 1. The highest BCUT2D eigenvalue weighted by atomic mass is 19.3. The third kappa shape index (κ3) is 4.76. The third-order valence-electron chi connectivity index (χ3n) is 5.12. The lowest BCUT2D eigenvalue weighted by molar-refractivity contribution is -0.129. The smallest absolute Gasteiger partial charge is 0.248 e. The second-order valence-electron chi connectivity index (χ2n) is 7.49. The number of carbonyl (C=O) groups is 1. The van der Waals surface area contributed by atoms with Crippen LogP contribution in [0.25, 0.3) is 0 Å². The first-order valence-electron chi connectivity index (χ1n) is 8.56. The van der Waals surface area contributed by atoms with Crippen LogP contribution in [-0.2, 0) is 4.79 Å². The molecule has 1 aliphatic carbocycles. The predicted molar refractivity (Wildman–Crippen MR) is 90.0 cm³/mol. The molecular weight excluding hydrogens is 312 g/mol. The summed E-state index contributed by atoms with van der Waals surface area (Å²) in [5.41, 5.74) is 0.654. The van der Waals surface area contributed by atoms with Crippen molar-refractivity contribution in [2.75, 3.05) is 13.2 Å². The lowest BCUT2D eigenvalue weighted by Gasteiger charge is -2.34. The Morgan fingerprint density at radius 2 is 1.88 bits per heavy atom. The number of nitrogens with one attached hydrogen (secondary N) is 1. The molecule has 2 rings (SSSR count). The Balaban J connectivity index is 1.99. The number of halogens is 2. The van der Waals surface area contributed by atoms with E-state index in [1.54, 1.807) is 0 Å². The van der Waals surface area contributed by atoms with Crippen molar-refractivity contribution in [3.63, 3.8) is 0 Å². The van der Waals surface area contributed by atoms with E-state index >= 15 is 0 Å². The molecule has 0 aromatic heterocycles. The summed E-state index contributed by atoms with van der Waals surface area (Å²) in [6.45, 7) is 4.30. The molecule has 1 fully saturated rings. The van der Waals surface area contributed by atoms with E-state index in [1.165, 1.54) is 0 Å². The first-order valence-corrected chi connectivity index (χ1v) is 8.56.